The lowest BCUT2D eigenvalue weighted by Crippen LogP contribution is -2.44. The standard InChI is InChI=1S/C28H28N2O4S/c1-19-8-9-20(2)24(16-19)30(26(31)17-23-6-5-15-35-23)27(25-7-4-14-34-25)28(32)29-18-21-10-12-22(33-3)13-11-21/h4-16,27H,17-18H2,1-3H3,(H,29,32). The van der Waals surface area contributed by atoms with Crippen LogP contribution in [0.5, 0.6) is 5.75 Å². The first-order valence-electron chi connectivity index (χ1n) is 11.3. The van der Waals surface area contributed by atoms with Gasteiger partial charge in [-0.1, -0.05) is 30.3 Å². The van der Waals surface area contributed by atoms with Crippen LogP contribution in [0, 0.1) is 13.8 Å². The molecule has 35 heavy (non-hydrogen) atoms. The molecule has 4 rings (SSSR count). The Morgan fingerprint density at radius 3 is 2.51 bits per heavy atom. The Bertz CT molecular complexity index is 1270. The van der Waals surface area contributed by atoms with Gasteiger partial charge in [0, 0.05) is 17.1 Å². The number of hydrogen-bond acceptors (Lipinski definition) is 5. The third-order valence-electron chi connectivity index (χ3n) is 5.74. The van der Waals surface area contributed by atoms with Crippen LogP contribution in [0.1, 0.15) is 33.4 Å². The first kappa shape index (κ1) is 24.3. The molecule has 2 amide bonds. The maximum absolute atomic E-state index is 13.8. The zero-order valence-corrected chi connectivity index (χ0v) is 20.8. The van der Waals surface area contributed by atoms with Crippen LogP contribution < -0.4 is 15.0 Å². The Kier molecular flexibility index (Phi) is 7.67. The van der Waals surface area contributed by atoms with Gasteiger partial charge >= 0.3 is 0 Å². The minimum atomic E-state index is -0.962. The number of aryl methyl sites for hydroxylation is 2. The maximum atomic E-state index is 13.8. The average Bonchev–Trinajstić information content (AvgIpc) is 3.57. The number of furan rings is 1. The van der Waals surface area contributed by atoms with Gasteiger partial charge in [0.1, 0.15) is 11.5 Å². The summed E-state index contributed by atoms with van der Waals surface area (Å²) in [5.41, 5.74) is 3.50. The van der Waals surface area contributed by atoms with Gasteiger partial charge in [0.15, 0.2) is 6.04 Å². The maximum Gasteiger partial charge on any atom is 0.251 e. The number of benzene rings is 2. The fraction of sp³-hybridized carbons (Fsp3) is 0.214. The summed E-state index contributed by atoms with van der Waals surface area (Å²) < 4.78 is 10.9. The fourth-order valence-electron chi connectivity index (χ4n) is 3.89. The quantitative estimate of drug-likeness (QED) is 0.333. The summed E-state index contributed by atoms with van der Waals surface area (Å²) in [4.78, 5) is 29.9. The van der Waals surface area contributed by atoms with E-state index in [4.69, 9.17) is 9.15 Å². The molecule has 7 heteroatoms. The number of amides is 2. The summed E-state index contributed by atoms with van der Waals surface area (Å²) in [6.45, 7) is 4.21. The van der Waals surface area contributed by atoms with Crippen molar-refractivity contribution in [2.75, 3.05) is 12.0 Å². The normalized spacial score (nSPS) is 11.6. The lowest BCUT2D eigenvalue weighted by atomic mass is 10.0. The molecule has 180 valence electrons. The summed E-state index contributed by atoms with van der Waals surface area (Å²) in [7, 11) is 1.61. The SMILES string of the molecule is COc1ccc(CNC(=O)C(c2ccco2)N(C(=O)Cc2cccs2)c2cc(C)ccc2C)cc1. The molecular weight excluding hydrogens is 460 g/mol. The van der Waals surface area contributed by atoms with Crippen LogP contribution in [0.15, 0.2) is 82.8 Å². The van der Waals surface area contributed by atoms with Crippen LogP contribution in [-0.4, -0.2) is 18.9 Å². The van der Waals surface area contributed by atoms with Crippen molar-refractivity contribution in [3.05, 3.63) is 106 Å². The molecule has 2 aromatic carbocycles. The molecule has 0 saturated heterocycles. The molecule has 0 fully saturated rings. The molecule has 0 aliphatic carbocycles. The first-order chi connectivity index (χ1) is 17.0. The predicted molar refractivity (Wildman–Crippen MR) is 138 cm³/mol. The Hall–Kier alpha value is -3.84. The Morgan fingerprint density at radius 2 is 1.86 bits per heavy atom. The van der Waals surface area contributed by atoms with Crippen molar-refractivity contribution in [3.8, 4) is 5.75 Å². The van der Waals surface area contributed by atoms with E-state index in [0.717, 1.165) is 27.3 Å². The van der Waals surface area contributed by atoms with Gasteiger partial charge in [-0.2, -0.15) is 0 Å². The van der Waals surface area contributed by atoms with Gasteiger partial charge < -0.3 is 14.5 Å². The monoisotopic (exact) mass is 488 g/mol. The molecule has 0 bridgehead atoms. The summed E-state index contributed by atoms with van der Waals surface area (Å²) in [6.07, 6.45) is 1.71. The van der Waals surface area contributed by atoms with E-state index >= 15 is 0 Å². The van der Waals surface area contributed by atoms with Gasteiger partial charge in [0.25, 0.3) is 5.91 Å². The van der Waals surface area contributed by atoms with E-state index in [1.807, 2.05) is 73.8 Å². The van der Waals surface area contributed by atoms with Crippen molar-refractivity contribution < 1.29 is 18.7 Å². The molecule has 0 saturated carbocycles. The minimum Gasteiger partial charge on any atom is -0.497 e. The highest BCUT2D eigenvalue weighted by Crippen LogP contribution is 2.32. The van der Waals surface area contributed by atoms with Crippen LogP contribution in [0.25, 0.3) is 0 Å². The number of thiophene rings is 1. The van der Waals surface area contributed by atoms with Crippen molar-refractivity contribution in [3.63, 3.8) is 0 Å². The second-order valence-electron chi connectivity index (χ2n) is 8.29. The van der Waals surface area contributed by atoms with E-state index in [1.165, 1.54) is 17.6 Å². The smallest absolute Gasteiger partial charge is 0.251 e. The summed E-state index contributed by atoms with van der Waals surface area (Å²) in [5, 5.41) is 4.93. The number of methoxy groups -OCH3 is 1. The largest absolute Gasteiger partial charge is 0.497 e. The number of nitrogens with one attached hydrogen (secondary N) is 1. The molecule has 0 spiro atoms. The number of hydrogen-bond donors (Lipinski definition) is 1. The van der Waals surface area contributed by atoms with Gasteiger partial charge in [-0.25, -0.2) is 0 Å². The predicted octanol–water partition coefficient (Wildman–Crippen LogP) is 5.60. The molecule has 2 aromatic heterocycles. The highest BCUT2D eigenvalue weighted by atomic mass is 32.1. The van der Waals surface area contributed by atoms with Crippen molar-refractivity contribution in [1.82, 2.24) is 5.32 Å². The molecule has 0 aliphatic heterocycles. The molecule has 4 aromatic rings. The van der Waals surface area contributed by atoms with E-state index in [1.54, 1.807) is 24.1 Å². The number of anilines is 1. The summed E-state index contributed by atoms with van der Waals surface area (Å²) in [6, 6.07) is 19.7. The minimum absolute atomic E-state index is 0.179. The zero-order chi connectivity index (χ0) is 24.8. The molecule has 1 N–H and O–H groups in total. The van der Waals surface area contributed by atoms with Gasteiger partial charge in [0.2, 0.25) is 5.91 Å². The van der Waals surface area contributed by atoms with E-state index in [2.05, 4.69) is 5.32 Å². The van der Waals surface area contributed by atoms with Crippen molar-refractivity contribution >= 4 is 28.8 Å². The Morgan fingerprint density at radius 1 is 1.06 bits per heavy atom. The second-order valence-corrected chi connectivity index (χ2v) is 9.33. The van der Waals surface area contributed by atoms with Gasteiger partial charge in [-0.3, -0.25) is 14.5 Å². The number of nitrogens with zero attached hydrogens (tertiary/aromatic N) is 1. The molecule has 1 unspecified atom stereocenters. The third kappa shape index (κ3) is 5.81. The number of carbonyl (C=O) groups excluding carboxylic acids is 2. The zero-order valence-electron chi connectivity index (χ0n) is 20.0. The number of rotatable bonds is 9. The molecule has 6 nitrogen and oxygen atoms in total. The topological polar surface area (TPSA) is 71.8 Å². The van der Waals surface area contributed by atoms with E-state index in [0.29, 0.717) is 18.0 Å². The Labute approximate surface area is 209 Å². The van der Waals surface area contributed by atoms with Crippen molar-refractivity contribution in [1.29, 1.82) is 0 Å². The highest BCUT2D eigenvalue weighted by molar-refractivity contribution is 7.10. The van der Waals surface area contributed by atoms with Crippen molar-refractivity contribution in [2.24, 2.45) is 0 Å². The molecule has 0 radical (unpaired) electrons. The van der Waals surface area contributed by atoms with Gasteiger partial charge in [-0.05, 0) is 72.3 Å². The molecular formula is C28H28N2O4S. The van der Waals surface area contributed by atoms with Gasteiger partial charge in [0.05, 0.1) is 19.8 Å². The van der Waals surface area contributed by atoms with Crippen LogP contribution in [0.2, 0.25) is 0 Å². The van der Waals surface area contributed by atoms with Crippen LogP contribution >= 0.6 is 11.3 Å². The van der Waals surface area contributed by atoms with E-state index in [9.17, 15) is 9.59 Å². The average molecular weight is 489 g/mol. The Balaban J connectivity index is 1.69. The van der Waals surface area contributed by atoms with E-state index in [-0.39, 0.29) is 18.2 Å². The molecule has 1 atom stereocenters. The fourth-order valence-corrected chi connectivity index (χ4v) is 4.59. The summed E-state index contributed by atoms with van der Waals surface area (Å²) in [5.74, 6) is 0.643. The lowest BCUT2D eigenvalue weighted by Gasteiger charge is -2.31. The van der Waals surface area contributed by atoms with Crippen LogP contribution in [0.3, 0.4) is 0 Å². The van der Waals surface area contributed by atoms with Crippen molar-refractivity contribution in [2.45, 2.75) is 32.9 Å². The second kappa shape index (κ2) is 11.1. The molecule has 2 heterocycles. The number of carbonyl (C=O) groups is 2. The van der Waals surface area contributed by atoms with Crippen LogP contribution in [0.4, 0.5) is 5.69 Å². The van der Waals surface area contributed by atoms with E-state index < -0.39 is 6.04 Å². The van der Waals surface area contributed by atoms with Crippen LogP contribution in [-0.2, 0) is 22.6 Å². The third-order valence-corrected chi connectivity index (χ3v) is 6.62. The van der Waals surface area contributed by atoms with Gasteiger partial charge in [-0.15, -0.1) is 11.3 Å². The lowest BCUT2D eigenvalue weighted by molar-refractivity contribution is -0.127. The summed E-state index contributed by atoms with van der Waals surface area (Å²) >= 11 is 1.52. The molecule has 0 aliphatic rings. The number of ether oxygens (including phenoxy) is 1. The first-order valence-corrected chi connectivity index (χ1v) is 12.2. The highest BCUT2D eigenvalue weighted by Gasteiger charge is 2.35.